The summed E-state index contributed by atoms with van der Waals surface area (Å²) in [6, 6.07) is 7.16. The van der Waals surface area contributed by atoms with Crippen molar-refractivity contribution in [2.24, 2.45) is 5.92 Å². The lowest BCUT2D eigenvalue weighted by Crippen LogP contribution is -2.41. The Morgan fingerprint density at radius 2 is 2.15 bits per heavy atom. The molecule has 2 amide bonds. The maximum atomic E-state index is 12.4. The summed E-state index contributed by atoms with van der Waals surface area (Å²) in [5.41, 5.74) is 0.612. The molecule has 1 aliphatic rings. The summed E-state index contributed by atoms with van der Waals surface area (Å²) in [6.45, 7) is 2.02. The maximum absolute atomic E-state index is 12.4. The zero-order valence-electron chi connectivity index (χ0n) is 15.3. The van der Waals surface area contributed by atoms with Gasteiger partial charge in [-0.15, -0.1) is 11.8 Å². The Hall–Kier alpha value is -2.54. The Balaban J connectivity index is 1.44. The van der Waals surface area contributed by atoms with E-state index in [2.05, 4.69) is 10.3 Å². The van der Waals surface area contributed by atoms with Gasteiger partial charge in [0.2, 0.25) is 5.91 Å². The summed E-state index contributed by atoms with van der Waals surface area (Å²) in [5.74, 6) is 0.948. The molecule has 1 aliphatic heterocycles. The fourth-order valence-corrected chi connectivity index (χ4v) is 3.61. The third kappa shape index (κ3) is 5.23. The molecule has 27 heavy (non-hydrogen) atoms. The molecule has 0 unspecified atom stereocenters. The highest BCUT2D eigenvalue weighted by atomic mass is 32.2. The van der Waals surface area contributed by atoms with Gasteiger partial charge in [-0.05, 0) is 55.4 Å². The van der Waals surface area contributed by atoms with Crippen molar-refractivity contribution in [2.75, 3.05) is 25.9 Å². The number of nitrogens with one attached hydrogen (secondary N) is 1. The molecule has 7 heteroatoms. The molecule has 0 aromatic carbocycles. The highest BCUT2D eigenvalue weighted by molar-refractivity contribution is 7.98. The molecule has 0 radical (unpaired) electrons. The van der Waals surface area contributed by atoms with Crippen LogP contribution in [-0.2, 0) is 4.79 Å². The lowest BCUT2D eigenvalue weighted by molar-refractivity contribution is -0.127. The van der Waals surface area contributed by atoms with Crippen LogP contribution in [0.5, 0.6) is 0 Å². The first-order chi connectivity index (χ1) is 13.2. The first-order valence-electron chi connectivity index (χ1n) is 8.95. The summed E-state index contributed by atoms with van der Waals surface area (Å²) in [4.78, 5) is 30.7. The van der Waals surface area contributed by atoms with E-state index in [1.807, 2.05) is 17.2 Å². The van der Waals surface area contributed by atoms with Gasteiger partial charge >= 0.3 is 0 Å². The minimum absolute atomic E-state index is 0.00569. The van der Waals surface area contributed by atoms with Crippen molar-refractivity contribution in [3.8, 4) is 0 Å². The number of nitrogens with zero attached hydrogens (tertiary/aromatic N) is 2. The van der Waals surface area contributed by atoms with Crippen LogP contribution in [0, 0.1) is 5.92 Å². The summed E-state index contributed by atoms with van der Waals surface area (Å²) in [7, 11) is 0. The molecule has 3 heterocycles. The Kier molecular flexibility index (Phi) is 6.70. The van der Waals surface area contributed by atoms with Crippen molar-refractivity contribution < 1.29 is 14.0 Å². The smallest absolute Gasteiger partial charge is 0.254 e. The highest BCUT2D eigenvalue weighted by Crippen LogP contribution is 2.19. The number of pyridine rings is 1. The predicted molar refractivity (Wildman–Crippen MR) is 105 cm³/mol. The van der Waals surface area contributed by atoms with Crippen molar-refractivity contribution in [2.45, 2.75) is 17.9 Å². The van der Waals surface area contributed by atoms with Crippen molar-refractivity contribution in [1.82, 2.24) is 15.2 Å². The molecule has 6 nitrogen and oxygen atoms in total. The van der Waals surface area contributed by atoms with Crippen molar-refractivity contribution in [3.63, 3.8) is 0 Å². The van der Waals surface area contributed by atoms with Crippen LogP contribution in [-0.4, -0.2) is 47.6 Å². The van der Waals surface area contributed by atoms with Crippen LogP contribution in [0.25, 0.3) is 6.08 Å². The molecule has 0 bridgehead atoms. The van der Waals surface area contributed by atoms with E-state index in [0.717, 1.165) is 17.9 Å². The fourth-order valence-electron chi connectivity index (χ4n) is 3.06. The molecular formula is C20H23N3O3S. The van der Waals surface area contributed by atoms with Crippen LogP contribution in [0.2, 0.25) is 0 Å². The molecule has 1 saturated heterocycles. The van der Waals surface area contributed by atoms with Gasteiger partial charge in [0.05, 0.1) is 11.8 Å². The predicted octanol–water partition coefficient (Wildman–Crippen LogP) is 3.08. The SMILES string of the molecule is CSc1ncccc1C(=O)NCC1CCN(C(=O)C=Cc2ccco2)CC1. The zero-order valence-corrected chi connectivity index (χ0v) is 16.1. The van der Waals surface area contributed by atoms with Crippen molar-refractivity contribution in [1.29, 1.82) is 0 Å². The lowest BCUT2D eigenvalue weighted by atomic mass is 9.96. The molecular weight excluding hydrogens is 362 g/mol. The van der Waals surface area contributed by atoms with E-state index in [0.29, 0.717) is 36.9 Å². The summed E-state index contributed by atoms with van der Waals surface area (Å²) < 4.78 is 5.19. The number of hydrogen-bond donors (Lipinski definition) is 1. The first-order valence-corrected chi connectivity index (χ1v) is 10.2. The average molecular weight is 385 g/mol. The van der Waals surface area contributed by atoms with Gasteiger partial charge in [-0.1, -0.05) is 0 Å². The van der Waals surface area contributed by atoms with Gasteiger partial charge in [0.25, 0.3) is 5.91 Å². The topological polar surface area (TPSA) is 75.4 Å². The molecule has 0 spiro atoms. The van der Waals surface area contributed by atoms with Crippen molar-refractivity contribution in [3.05, 3.63) is 54.1 Å². The number of aromatic nitrogens is 1. The number of furan rings is 1. The van der Waals surface area contributed by atoms with E-state index in [4.69, 9.17) is 4.42 Å². The minimum atomic E-state index is -0.0904. The number of rotatable bonds is 6. The Morgan fingerprint density at radius 1 is 1.33 bits per heavy atom. The van der Waals surface area contributed by atoms with Gasteiger partial charge in [0.1, 0.15) is 10.8 Å². The van der Waals surface area contributed by atoms with Gasteiger partial charge in [0, 0.05) is 31.9 Å². The number of carbonyl (C=O) groups excluding carboxylic acids is 2. The quantitative estimate of drug-likeness (QED) is 0.611. The molecule has 2 aromatic heterocycles. The number of carbonyl (C=O) groups is 2. The molecule has 2 aromatic rings. The lowest BCUT2D eigenvalue weighted by Gasteiger charge is -2.31. The minimum Gasteiger partial charge on any atom is -0.465 e. The van der Waals surface area contributed by atoms with Gasteiger partial charge in [0.15, 0.2) is 0 Å². The number of likely N-dealkylation sites (tertiary alicyclic amines) is 1. The van der Waals surface area contributed by atoms with Crippen molar-refractivity contribution >= 4 is 29.7 Å². The van der Waals surface area contributed by atoms with E-state index in [1.165, 1.54) is 11.8 Å². The number of thioether (sulfide) groups is 1. The summed E-state index contributed by atoms with van der Waals surface area (Å²) in [6.07, 6.45) is 10.2. The van der Waals surface area contributed by atoms with E-state index < -0.39 is 0 Å². The largest absolute Gasteiger partial charge is 0.465 e. The summed E-state index contributed by atoms with van der Waals surface area (Å²) in [5, 5.41) is 3.74. The molecule has 1 fully saturated rings. The van der Waals surface area contributed by atoms with Crippen LogP contribution >= 0.6 is 11.8 Å². The van der Waals surface area contributed by atoms with E-state index in [9.17, 15) is 9.59 Å². The third-order valence-electron chi connectivity index (χ3n) is 4.62. The average Bonchev–Trinajstić information content (AvgIpc) is 3.24. The second kappa shape index (κ2) is 9.41. The molecule has 3 rings (SSSR count). The number of amides is 2. The molecule has 1 N–H and O–H groups in total. The number of piperidine rings is 1. The van der Waals surface area contributed by atoms with Crippen LogP contribution in [0.1, 0.15) is 29.0 Å². The highest BCUT2D eigenvalue weighted by Gasteiger charge is 2.22. The number of hydrogen-bond acceptors (Lipinski definition) is 5. The van der Waals surface area contributed by atoms with Crippen LogP contribution in [0.4, 0.5) is 0 Å². The van der Waals surface area contributed by atoms with Crippen LogP contribution in [0.3, 0.4) is 0 Å². The normalized spacial score (nSPS) is 15.2. The molecule has 142 valence electrons. The Labute approximate surface area is 163 Å². The monoisotopic (exact) mass is 385 g/mol. The first kappa shape index (κ1) is 19.2. The molecule has 0 atom stereocenters. The second-order valence-electron chi connectivity index (χ2n) is 6.39. The third-order valence-corrected chi connectivity index (χ3v) is 5.33. The fraction of sp³-hybridized carbons (Fsp3) is 0.350. The Bertz CT molecular complexity index is 797. The van der Waals surface area contributed by atoms with E-state index >= 15 is 0 Å². The zero-order chi connectivity index (χ0) is 19.1. The van der Waals surface area contributed by atoms with E-state index in [-0.39, 0.29) is 11.8 Å². The van der Waals surface area contributed by atoms with E-state index in [1.54, 1.807) is 42.8 Å². The second-order valence-corrected chi connectivity index (χ2v) is 7.18. The molecule has 0 saturated carbocycles. The standard InChI is InChI=1S/C20H23N3O3S/c1-27-20-17(5-2-10-21-20)19(25)22-14-15-8-11-23(12-9-15)18(24)7-6-16-4-3-13-26-16/h2-7,10,13,15H,8-9,11-12,14H2,1H3,(H,22,25). The Morgan fingerprint density at radius 3 is 2.85 bits per heavy atom. The van der Waals surface area contributed by atoms with Gasteiger partial charge in [-0.25, -0.2) is 4.98 Å². The molecule has 0 aliphatic carbocycles. The van der Waals surface area contributed by atoms with Gasteiger partial charge in [-0.3, -0.25) is 9.59 Å². The maximum Gasteiger partial charge on any atom is 0.254 e. The van der Waals surface area contributed by atoms with Crippen LogP contribution < -0.4 is 5.32 Å². The summed E-state index contributed by atoms with van der Waals surface area (Å²) >= 11 is 1.46. The van der Waals surface area contributed by atoms with Gasteiger partial charge in [-0.2, -0.15) is 0 Å². The van der Waals surface area contributed by atoms with Gasteiger partial charge < -0.3 is 14.6 Å². The van der Waals surface area contributed by atoms with Crippen LogP contribution in [0.15, 0.2) is 52.2 Å².